The van der Waals surface area contributed by atoms with Gasteiger partial charge in [-0.3, -0.25) is 0 Å². The lowest BCUT2D eigenvalue weighted by atomic mass is 9.86. The first-order valence-electron chi connectivity index (χ1n) is 5.03. The zero-order chi connectivity index (χ0) is 11.5. The van der Waals surface area contributed by atoms with Crippen molar-refractivity contribution in [1.82, 2.24) is 5.32 Å². The molecule has 0 aliphatic rings. The largest absolute Gasteiger partial charge is 0.319 e. The van der Waals surface area contributed by atoms with Crippen molar-refractivity contribution in [3.8, 4) is 0 Å². The SMILES string of the molecule is CNCC(C)(C)Cc1cc(F)ccc1Br. The fraction of sp³-hybridized carbons (Fsp3) is 0.500. The molecule has 0 amide bonds. The molecule has 0 fully saturated rings. The minimum absolute atomic E-state index is 0.130. The Balaban J connectivity index is 2.83. The second-order valence-electron chi connectivity index (χ2n) is 4.61. The van der Waals surface area contributed by atoms with Gasteiger partial charge < -0.3 is 5.32 Å². The summed E-state index contributed by atoms with van der Waals surface area (Å²) >= 11 is 3.45. The van der Waals surface area contributed by atoms with Crippen LogP contribution in [0.25, 0.3) is 0 Å². The van der Waals surface area contributed by atoms with Gasteiger partial charge in [0, 0.05) is 11.0 Å². The third-order valence-corrected chi connectivity index (χ3v) is 3.11. The summed E-state index contributed by atoms with van der Waals surface area (Å²) in [5, 5.41) is 3.15. The highest BCUT2D eigenvalue weighted by Gasteiger charge is 2.19. The van der Waals surface area contributed by atoms with E-state index >= 15 is 0 Å². The van der Waals surface area contributed by atoms with Crippen molar-refractivity contribution in [2.75, 3.05) is 13.6 Å². The molecule has 1 N–H and O–H groups in total. The van der Waals surface area contributed by atoms with Crippen LogP contribution in [0, 0.1) is 11.2 Å². The average molecular weight is 274 g/mol. The van der Waals surface area contributed by atoms with Crippen LogP contribution in [-0.4, -0.2) is 13.6 Å². The predicted molar refractivity (Wildman–Crippen MR) is 65.5 cm³/mol. The van der Waals surface area contributed by atoms with Gasteiger partial charge in [0.1, 0.15) is 5.82 Å². The summed E-state index contributed by atoms with van der Waals surface area (Å²) < 4.78 is 14.1. The van der Waals surface area contributed by atoms with Crippen LogP contribution >= 0.6 is 15.9 Å². The molecule has 0 spiro atoms. The molecule has 0 aliphatic carbocycles. The van der Waals surface area contributed by atoms with Gasteiger partial charge in [-0.15, -0.1) is 0 Å². The van der Waals surface area contributed by atoms with Crippen molar-refractivity contribution in [2.24, 2.45) is 5.41 Å². The van der Waals surface area contributed by atoms with Crippen molar-refractivity contribution in [3.05, 3.63) is 34.1 Å². The van der Waals surface area contributed by atoms with E-state index in [0.717, 1.165) is 23.0 Å². The van der Waals surface area contributed by atoms with Crippen LogP contribution in [0.15, 0.2) is 22.7 Å². The fourth-order valence-electron chi connectivity index (χ4n) is 1.74. The van der Waals surface area contributed by atoms with E-state index in [9.17, 15) is 4.39 Å². The molecule has 3 heteroatoms. The van der Waals surface area contributed by atoms with Gasteiger partial charge in [0.2, 0.25) is 0 Å². The summed E-state index contributed by atoms with van der Waals surface area (Å²) in [6.07, 6.45) is 0.853. The van der Waals surface area contributed by atoms with Crippen molar-refractivity contribution in [1.29, 1.82) is 0 Å². The highest BCUT2D eigenvalue weighted by atomic mass is 79.9. The number of hydrogen-bond donors (Lipinski definition) is 1. The van der Waals surface area contributed by atoms with Crippen LogP contribution in [-0.2, 0) is 6.42 Å². The van der Waals surface area contributed by atoms with Crippen LogP contribution in [0.3, 0.4) is 0 Å². The number of halogens is 2. The number of benzene rings is 1. The second-order valence-corrected chi connectivity index (χ2v) is 5.46. The molecule has 0 radical (unpaired) electrons. The molecule has 0 saturated carbocycles. The standard InChI is InChI=1S/C12H17BrFN/c1-12(2,8-15-3)7-9-6-10(14)4-5-11(9)13/h4-6,15H,7-8H2,1-3H3. The van der Waals surface area contributed by atoms with Gasteiger partial charge in [0.15, 0.2) is 0 Å². The van der Waals surface area contributed by atoms with Crippen molar-refractivity contribution >= 4 is 15.9 Å². The van der Waals surface area contributed by atoms with Gasteiger partial charge >= 0.3 is 0 Å². The summed E-state index contributed by atoms with van der Waals surface area (Å²) in [6, 6.07) is 4.83. The van der Waals surface area contributed by atoms with Crippen molar-refractivity contribution in [3.63, 3.8) is 0 Å². The van der Waals surface area contributed by atoms with Crippen LogP contribution in [0.4, 0.5) is 4.39 Å². The van der Waals surface area contributed by atoms with E-state index in [1.165, 1.54) is 6.07 Å². The number of rotatable bonds is 4. The van der Waals surface area contributed by atoms with Crippen molar-refractivity contribution < 1.29 is 4.39 Å². The van der Waals surface area contributed by atoms with E-state index in [2.05, 4.69) is 35.1 Å². The molecular formula is C12H17BrFN. The summed E-state index contributed by atoms with van der Waals surface area (Å²) in [5.41, 5.74) is 1.15. The molecule has 84 valence electrons. The maximum Gasteiger partial charge on any atom is 0.123 e. The summed E-state index contributed by atoms with van der Waals surface area (Å²) in [4.78, 5) is 0. The minimum Gasteiger partial charge on any atom is -0.319 e. The smallest absolute Gasteiger partial charge is 0.123 e. The predicted octanol–water partition coefficient (Wildman–Crippen LogP) is 3.38. The molecule has 0 aromatic heterocycles. The third-order valence-electron chi connectivity index (χ3n) is 2.33. The Morgan fingerprint density at radius 2 is 2.07 bits per heavy atom. The van der Waals surface area contributed by atoms with Crippen LogP contribution < -0.4 is 5.32 Å². The molecule has 0 aliphatic heterocycles. The average Bonchev–Trinajstić information content (AvgIpc) is 2.10. The Morgan fingerprint density at radius 1 is 1.40 bits per heavy atom. The highest BCUT2D eigenvalue weighted by Crippen LogP contribution is 2.26. The first kappa shape index (κ1) is 12.7. The van der Waals surface area contributed by atoms with E-state index in [-0.39, 0.29) is 11.2 Å². The molecule has 0 atom stereocenters. The van der Waals surface area contributed by atoms with Gasteiger partial charge in [-0.1, -0.05) is 29.8 Å². The lowest BCUT2D eigenvalue weighted by Gasteiger charge is -2.24. The molecule has 1 nitrogen and oxygen atoms in total. The Bertz CT molecular complexity index is 336. The molecule has 15 heavy (non-hydrogen) atoms. The first-order chi connectivity index (χ1) is 6.94. The lowest BCUT2D eigenvalue weighted by Crippen LogP contribution is -2.28. The van der Waals surface area contributed by atoms with Gasteiger partial charge in [0.25, 0.3) is 0 Å². The minimum atomic E-state index is -0.173. The molecule has 1 aromatic rings. The van der Waals surface area contributed by atoms with Crippen LogP contribution in [0.5, 0.6) is 0 Å². The van der Waals surface area contributed by atoms with E-state index < -0.39 is 0 Å². The maximum absolute atomic E-state index is 13.1. The van der Waals surface area contributed by atoms with E-state index in [1.807, 2.05) is 7.05 Å². The zero-order valence-corrected chi connectivity index (χ0v) is 11.0. The normalized spacial score (nSPS) is 11.8. The monoisotopic (exact) mass is 273 g/mol. The van der Waals surface area contributed by atoms with Crippen LogP contribution in [0.1, 0.15) is 19.4 Å². The van der Waals surface area contributed by atoms with Crippen LogP contribution in [0.2, 0.25) is 0 Å². The Kier molecular flexibility index (Phi) is 4.29. The molecule has 1 rings (SSSR count). The Labute approximate surface area is 99.2 Å². The number of nitrogens with one attached hydrogen (secondary N) is 1. The van der Waals surface area contributed by atoms with Gasteiger partial charge in [-0.25, -0.2) is 4.39 Å². The van der Waals surface area contributed by atoms with Gasteiger partial charge in [0.05, 0.1) is 0 Å². The molecule has 0 heterocycles. The Morgan fingerprint density at radius 3 is 2.67 bits per heavy atom. The van der Waals surface area contributed by atoms with Crippen molar-refractivity contribution in [2.45, 2.75) is 20.3 Å². The molecular weight excluding hydrogens is 257 g/mol. The Hall–Kier alpha value is -0.410. The molecule has 0 unspecified atom stereocenters. The van der Waals surface area contributed by atoms with E-state index in [0.29, 0.717) is 0 Å². The third kappa shape index (κ3) is 3.92. The van der Waals surface area contributed by atoms with E-state index in [1.54, 1.807) is 12.1 Å². The summed E-state index contributed by atoms with van der Waals surface area (Å²) in [5.74, 6) is -0.173. The maximum atomic E-state index is 13.1. The second kappa shape index (κ2) is 5.08. The lowest BCUT2D eigenvalue weighted by molar-refractivity contribution is 0.349. The zero-order valence-electron chi connectivity index (χ0n) is 9.40. The molecule has 1 aromatic carbocycles. The van der Waals surface area contributed by atoms with Gasteiger partial charge in [-0.05, 0) is 42.6 Å². The molecule has 0 bridgehead atoms. The molecule has 0 saturated heterocycles. The topological polar surface area (TPSA) is 12.0 Å². The van der Waals surface area contributed by atoms with Gasteiger partial charge in [-0.2, -0.15) is 0 Å². The first-order valence-corrected chi connectivity index (χ1v) is 5.82. The number of hydrogen-bond acceptors (Lipinski definition) is 1. The summed E-state index contributed by atoms with van der Waals surface area (Å²) in [6.45, 7) is 5.25. The highest BCUT2D eigenvalue weighted by molar-refractivity contribution is 9.10. The summed E-state index contributed by atoms with van der Waals surface area (Å²) in [7, 11) is 1.93. The quantitative estimate of drug-likeness (QED) is 0.887. The fourth-order valence-corrected chi connectivity index (χ4v) is 2.12. The van der Waals surface area contributed by atoms with E-state index in [4.69, 9.17) is 0 Å².